The average Bonchev–Trinajstić information content (AvgIpc) is 3.11. The summed E-state index contributed by atoms with van der Waals surface area (Å²) in [6.07, 6.45) is 1.89. The lowest BCUT2D eigenvalue weighted by Crippen LogP contribution is -2.40. The van der Waals surface area contributed by atoms with Gasteiger partial charge in [-0.25, -0.2) is 4.79 Å². The first-order valence-electron chi connectivity index (χ1n) is 6.74. The number of carbonyl (C=O) groups is 2. The molecule has 0 radical (unpaired) electrons. The van der Waals surface area contributed by atoms with Gasteiger partial charge in [-0.1, -0.05) is 6.07 Å². The molecule has 0 saturated carbocycles. The highest BCUT2D eigenvalue weighted by molar-refractivity contribution is 5.99. The smallest absolute Gasteiger partial charge is 0.326 e. The summed E-state index contributed by atoms with van der Waals surface area (Å²) >= 11 is 0. The van der Waals surface area contributed by atoms with Crippen LogP contribution in [0, 0.1) is 0 Å². The van der Waals surface area contributed by atoms with Gasteiger partial charge in [-0.15, -0.1) is 0 Å². The second kappa shape index (κ2) is 5.21. The average molecular weight is 288 g/mol. The minimum atomic E-state index is -0.996. The third kappa shape index (κ3) is 2.38. The number of carbonyl (C=O) groups excluding carboxylic acids is 1. The van der Waals surface area contributed by atoms with Crippen LogP contribution in [0.5, 0.6) is 0 Å². The number of likely N-dealkylation sites (tertiary alicyclic amines) is 1. The van der Waals surface area contributed by atoms with Crippen LogP contribution in [-0.4, -0.2) is 52.7 Å². The molecule has 2 heterocycles. The molecule has 2 atom stereocenters. The zero-order valence-corrected chi connectivity index (χ0v) is 11.6. The fourth-order valence-electron chi connectivity index (χ4n) is 2.77. The normalized spacial score (nSPS) is 21.9. The maximum atomic E-state index is 12.6. The van der Waals surface area contributed by atoms with Gasteiger partial charge in [0.25, 0.3) is 5.91 Å². The van der Waals surface area contributed by atoms with Gasteiger partial charge >= 0.3 is 5.97 Å². The van der Waals surface area contributed by atoms with Crippen LogP contribution in [0.15, 0.2) is 30.5 Å². The molecule has 1 saturated heterocycles. The number of hydrogen-bond acceptors (Lipinski definition) is 3. The maximum Gasteiger partial charge on any atom is 0.326 e. The molecule has 2 N–H and O–H groups in total. The molecule has 0 aliphatic carbocycles. The van der Waals surface area contributed by atoms with Gasteiger partial charge in [0.15, 0.2) is 0 Å². The minimum absolute atomic E-state index is 0.232. The maximum absolute atomic E-state index is 12.6. The van der Waals surface area contributed by atoms with Crippen molar-refractivity contribution in [3.8, 4) is 0 Å². The lowest BCUT2D eigenvalue weighted by molar-refractivity contribution is -0.141. The van der Waals surface area contributed by atoms with Gasteiger partial charge in [0.1, 0.15) is 6.04 Å². The van der Waals surface area contributed by atoms with Crippen molar-refractivity contribution in [2.45, 2.75) is 18.6 Å². The summed E-state index contributed by atoms with van der Waals surface area (Å²) < 4.78 is 5.20. The molecule has 21 heavy (non-hydrogen) atoms. The predicted octanol–water partition coefficient (Wildman–Crippen LogP) is 1.48. The van der Waals surface area contributed by atoms with Gasteiger partial charge in [0.2, 0.25) is 0 Å². The molecule has 2 unspecified atom stereocenters. The van der Waals surface area contributed by atoms with E-state index in [9.17, 15) is 14.7 Å². The summed E-state index contributed by atoms with van der Waals surface area (Å²) in [5.41, 5.74) is 1.34. The van der Waals surface area contributed by atoms with Gasteiger partial charge in [-0.05, 0) is 23.6 Å². The molecule has 0 spiro atoms. The number of H-pyrrole nitrogens is 1. The second-order valence-corrected chi connectivity index (χ2v) is 5.18. The number of carboxylic acid groups (broad SMARTS) is 1. The zero-order chi connectivity index (χ0) is 15.0. The van der Waals surface area contributed by atoms with Crippen LogP contribution in [0.1, 0.15) is 16.8 Å². The third-order valence-corrected chi connectivity index (χ3v) is 3.94. The van der Waals surface area contributed by atoms with Crippen molar-refractivity contribution >= 4 is 22.8 Å². The van der Waals surface area contributed by atoms with Crippen molar-refractivity contribution in [3.63, 3.8) is 0 Å². The Morgan fingerprint density at radius 3 is 2.90 bits per heavy atom. The van der Waals surface area contributed by atoms with E-state index in [4.69, 9.17) is 4.74 Å². The van der Waals surface area contributed by atoms with Crippen molar-refractivity contribution in [1.82, 2.24) is 9.88 Å². The van der Waals surface area contributed by atoms with Crippen molar-refractivity contribution in [3.05, 3.63) is 36.0 Å². The van der Waals surface area contributed by atoms with Crippen molar-refractivity contribution in [2.75, 3.05) is 13.7 Å². The largest absolute Gasteiger partial charge is 0.480 e. The van der Waals surface area contributed by atoms with Gasteiger partial charge in [0.05, 0.1) is 6.10 Å². The molecular weight excluding hydrogens is 272 g/mol. The van der Waals surface area contributed by atoms with Gasteiger partial charge < -0.3 is 19.7 Å². The number of ether oxygens (including phenoxy) is 1. The van der Waals surface area contributed by atoms with E-state index >= 15 is 0 Å². The summed E-state index contributed by atoms with van der Waals surface area (Å²) in [4.78, 5) is 28.3. The first-order chi connectivity index (χ1) is 10.1. The Kier molecular flexibility index (Phi) is 3.39. The van der Waals surface area contributed by atoms with Crippen LogP contribution < -0.4 is 0 Å². The molecule has 110 valence electrons. The Hall–Kier alpha value is -2.34. The molecule has 3 rings (SSSR count). The number of rotatable bonds is 3. The van der Waals surface area contributed by atoms with E-state index in [0.717, 1.165) is 10.9 Å². The highest BCUT2D eigenvalue weighted by atomic mass is 16.5. The first kappa shape index (κ1) is 13.6. The number of hydrogen-bond donors (Lipinski definition) is 2. The molecule has 0 bridgehead atoms. The summed E-state index contributed by atoms with van der Waals surface area (Å²) in [5, 5.41) is 10.3. The second-order valence-electron chi connectivity index (χ2n) is 5.18. The van der Waals surface area contributed by atoms with Crippen LogP contribution in [0.25, 0.3) is 10.9 Å². The monoisotopic (exact) mass is 288 g/mol. The highest BCUT2D eigenvalue weighted by Crippen LogP contribution is 2.24. The summed E-state index contributed by atoms with van der Waals surface area (Å²) in [6.45, 7) is 0.301. The molecule has 1 aliphatic rings. The van der Waals surface area contributed by atoms with Crippen molar-refractivity contribution < 1.29 is 19.4 Å². The Morgan fingerprint density at radius 1 is 1.38 bits per heavy atom. The number of fused-ring (bicyclic) bond motifs is 1. The molecule has 6 heteroatoms. The van der Waals surface area contributed by atoms with E-state index in [1.807, 2.05) is 12.1 Å². The Morgan fingerprint density at radius 2 is 2.19 bits per heavy atom. The lowest BCUT2D eigenvalue weighted by Gasteiger charge is -2.21. The number of methoxy groups -OCH3 is 1. The number of carboxylic acids is 1. The van der Waals surface area contributed by atoms with E-state index < -0.39 is 12.0 Å². The van der Waals surface area contributed by atoms with E-state index in [1.165, 1.54) is 12.0 Å². The molecule has 1 aromatic carbocycles. The number of amides is 1. The standard InChI is InChI=1S/C15H16N2O4/c1-21-11-7-13(15(19)20)17(8-11)14(18)10-3-2-9-4-5-16-12(9)6-10/h2-6,11,13,16H,7-8H2,1H3,(H,19,20). The van der Waals surface area contributed by atoms with E-state index in [2.05, 4.69) is 4.98 Å². The Labute approximate surface area is 121 Å². The summed E-state index contributed by atoms with van der Waals surface area (Å²) in [6, 6.07) is 6.40. The lowest BCUT2D eigenvalue weighted by atomic mass is 10.1. The SMILES string of the molecule is COC1CC(C(=O)O)N(C(=O)c2ccc3cc[nH]c3c2)C1. The molecule has 1 aromatic heterocycles. The number of nitrogens with one attached hydrogen (secondary N) is 1. The number of aromatic nitrogens is 1. The van der Waals surface area contributed by atoms with Crippen LogP contribution >= 0.6 is 0 Å². The first-order valence-corrected chi connectivity index (χ1v) is 6.74. The molecule has 1 fully saturated rings. The van der Waals surface area contributed by atoms with Crippen molar-refractivity contribution in [1.29, 1.82) is 0 Å². The van der Waals surface area contributed by atoms with E-state index in [1.54, 1.807) is 18.3 Å². The van der Waals surface area contributed by atoms with Gasteiger partial charge in [0, 0.05) is 37.4 Å². The van der Waals surface area contributed by atoms with Crippen molar-refractivity contribution in [2.24, 2.45) is 0 Å². The van der Waals surface area contributed by atoms with Crippen LogP contribution in [-0.2, 0) is 9.53 Å². The highest BCUT2D eigenvalue weighted by Gasteiger charge is 2.40. The van der Waals surface area contributed by atoms with E-state index in [-0.39, 0.29) is 12.0 Å². The zero-order valence-electron chi connectivity index (χ0n) is 11.6. The minimum Gasteiger partial charge on any atom is -0.480 e. The Bertz CT molecular complexity index is 694. The fraction of sp³-hybridized carbons (Fsp3) is 0.333. The fourth-order valence-corrected chi connectivity index (χ4v) is 2.77. The summed E-state index contributed by atoms with van der Waals surface area (Å²) in [5.74, 6) is -1.28. The van der Waals surface area contributed by atoms with Gasteiger partial charge in [-0.3, -0.25) is 4.79 Å². The molecule has 2 aromatic rings. The number of nitrogens with zero attached hydrogens (tertiary/aromatic N) is 1. The van der Waals surface area contributed by atoms with Gasteiger partial charge in [-0.2, -0.15) is 0 Å². The van der Waals surface area contributed by atoms with Crippen LogP contribution in [0.4, 0.5) is 0 Å². The molecule has 1 aliphatic heterocycles. The Balaban J connectivity index is 1.90. The number of aliphatic carboxylic acids is 1. The van der Waals surface area contributed by atoms with Crippen LogP contribution in [0.2, 0.25) is 0 Å². The van der Waals surface area contributed by atoms with Crippen LogP contribution in [0.3, 0.4) is 0 Å². The molecule has 6 nitrogen and oxygen atoms in total. The third-order valence-electron chi connectivity index (χ3n) is 3.94. The topological polar surface area (TPSA) is 82.6 Å². The van der Waals surface area contributed by atoms with E-state index in [0.29, 0.717) is 18.5 Å². The number of benzene rings is 1. The molecule has 1 amide bonds. The quantitative estimate of drug-likeness (QED) is 0.896. The number of aromatic amines is 1. The molecular formula is C15H16N2O4. The predicted molar refractivity (Wildman–Crippen MR) is 76.2 cm³/mol. The summed E-state index contributed by atoms with van der Waals surface area (Å²) in [7, 11) is 1.53.